The van der Waals surface area contributed by atoms with Crippen molar-refractivity contribution in [2.45, 2.75) is 90.1 Å². The van der Waals surface area contributed by atoms with E-state index in [9.17, 15) is 14.9 Å². The molecule has 0 radical (unpaired) electrons. The van der Waals surface area contributed by atoms with E-state index in [-0.39, 0.29) is 17.9 Å². The van der Waals surface area contributed by atoms with E-state index in [1.165, 1.54) is 24.3 Å². The van der Waals surface area contributed by atoms with Crippen LogP contribution < -0.4 is 0 Å². The van der Waals surface area contributed by atoms with Gasteiger partial charge in [-0.1, -0.05) is 41.5 Å². The molecule has 6 nitrogen and oxygen atoms in total. The highest BCUT2D eigenvalue weighted by atomic mass is 28.4. The fraction of sp³-hybridized carbons (Fsp3) is 0.682. The van der Waals surface area contributed by atoms with Crippen molar-refractivity contribution in [1.29, 1.82) is 0 Å². The predicted octanol–water partition coefficient (Wildman–Crippen LogP) is 6.11. The number of rotatable bonds is 9. The summed E-state index contributed by atoms with van der Waals surface area (Å²) in [6.07, 6.45) is 1.65. The molecular weight excluding hydrogens is 386 g/mol. The molecular formula is C22H35NO5Si. The lowest BCUT2D eigenvalue weighted by Crippen LogP contribution is -2.52. The molecule has 1 fully saturated rings. The van der Waals surface area contributed by atoms with Crippen LogP contribution in [0.25, 0.3) is 0 Å². The number of nitrogens with zero attached hydrogens (tertiary/aromatic N) is 1. The lowest BCUT2D eigenvalue weighted by atomic mass is 9.79. The zero-order valence-electron chi connectivity index (χ0n) is 18.7. The zero-order chi connectivity index (χ0) is 21.9. The molecule has 7 heteroatoms. The molecule has 2 rings (SSSR count). The molecule has 1 unspecified atom stereocenters. The van der Waals surface area contributed by atoms with Crippen molar-refractivity contribution in [3.05, 3.63) is 39.9 Å². The van der Waals surface area contributed by atoms with Gasteiger partial charge in [0.25, 0.3) is 5.69 Å². The molecule has 162 valence electrons. The van der Waals surface area contributed by atoms with Crippen LogP contribution in [-0.2, 0) is 9.16 Å². The second-order valence-electron chi connectivity index (χ2n) is 9.20. The van der Waals surface area contributed by atoms with E-state index in [1.807, 2.05) is 0 Å². The maximum Gasteiger partial charge on any atom is 0.338 e. The number of nitro benzene ring substituents is 1. The number of nitro groups is 1. The summed E-state index contributed by atoms with van der Waals surface area (Å²) in [5.41, 5.74) is 1.93. The smallest absolute Gasteiger partial charge is 0.338 e. The average molecular weight is 422 g/mol. The Balaban J connectivity index is 1.91. The van der Waals surface area contributed by atoms with Crippen LogP contribution in [0, 0.1) is 16.0 Å². The molecule has 1 atom stereocenters. The third kappa shape index (κ3) is 5.06. The van der Waals surface area contributed by atoms with Crippen LogP contribution in [0.15, 0.2) is 24.3 Å². The van der Waals surface area contributed by atoms with Gasteiger partial charge in [0.15, 0.2) is 0 Å². The van der Waals surface area contributed by atoms with Crippen LogP contribution in [0.5, 0.6) is 0 Å². The SMILES string of the molecule is CC(O[Si](C(C)C)(C(C)C)C(C)C)C1CC(OC(=O)c2ccc([N+](=O)[O-])cc2)C1. The van der Waals surface area contributed by atoms with E-state index in [1.54, 1.807) is 0 Å². The number of benzene rings is 1. The zero-order valence-corrected chi connectivity index (χ0v) is 19.7. The molecule has 0 aromatic heterocycles. The van der Waals surface area contributed by atoms with E-state index >= 15 is 0 Å². The summed E-state index contributed by atoms with van der Waals surface area (Å²) >= 11 is 0. The maximum absolute atomic E-state index is 12.3. The first-order valence-corrected chi connectivity index (χ1v) is 12.8. The third-order valence-electron chi connectivity index (χ3n) is 6.48. The molecule has 0 N–H and O–H groups in total. The van der Waals surface area contributed by atoms with Gasteiger partial charge in [-0.3, -0.25) is 10.1 Å². The van der Waals surface area contributed by atoms with Gasteiger partial charge in [0.05, 0.1) is 10.5 Å². The van der Waals surface area contributed by atoms with Gasteiger partial charge in [0.2, 0.25) is 8.32 Å². The molecule has 1 aliphatic carbocycles. The molecule has 0 heterocycles. The van der Waals surface area contributed by atoms with E-state index < -0.39 is 19.2 Å². The van der Waals surface area contributed by atoms with Crippen molar-refractivity contribution in [3.63, 3.8) is 0 Å². The number of non-ortho nitro benzene ring substituents is 1. The van der Waals surface area contributed by atoms with E-state index in [0.29, 0.717) is 28.1 Å². The molecule has 29 heavy (non-hydrogen) atoms. The lowest BCUT2D eigenvalue weighted by molar-refractivity contribution is -0.384. The monoisotopic (exact) mass is 421 g/mol. The number of ether oxygens (including phenoxy) is 1. The summed E-state index contributed by atoms with van der Waals surface area (Å²) in [7, 11) is -1.92. The average Bonchev–Trinajstić information content (AvgIpc) is 2.60. The molecule has 0 spiro atoms. The highest BCUT2D eigenvalue weighted by molar-refractivity contribution is 6.77. The van der Waals surface area contributed by atoms with Gasteiger partial charge in [0, 0.05) is 18.2 Å². The minimum absolute atomic E-state index is 0.0376. The normalized spacial score (nSPS) is 20.6. The highest BCUT2D eigenvalue weighted by Gasteiger charge is 2.48. The molecule has 1 saturated carbocycles. The Labute approximate surface area is 175 Å². The Morgan fingerprint density at radius 2 is 1.48 bits per heavy atom. The van der Waals surface area contributed by atoms with Crippen molar-refractivity contribution in [2.24, 2.45) is 5.92 Å². The Hall–Kier alpha value is -1.73. The van der Waals surface area contributed by atoms with Gasteiger partial charge >= 0.3 is 5.97 Å². The predicted molar refractivity (Wildman–Crippen MR) is 117 cm³/mol. The Bertz CT molecular complexity index is 689. The first-order chi connectivity index (χ1) is 13.5. The van der Waals surface area contributed by atoms with Crippen LogP contribution >= 0.6 is 0 Å². The molecule has 0 saturated heterocycles. The van der Waals surface area contributed by atoms with Crippen LogP contribution in [0.3, 0.4) is 0 Å². The van der Waals surface area contributed by atoms with Gasteiger partial charge in [-0.2, -0.15) is 0 Å². The van der Waals surface area contributed by atoms with Gasteiger partial charge in [0.1, 0.15) is 6.10 Å². The molecule has 0 aliphatic heterocycles. The van der Waals surface area contributed by atoms with Crippen molar-refractivity contribution in [2.75, 3.05) is 0 Å². The molecule has 0 bridgehead atoms. The van der Waals surface area contributed by atoms with Crippen LogP contribution in [0.2, 0.25) is 16.6 Å². The molecule has 1 aliphatic rings. The van der Waals surface area contributed by atoms with Crippen molar-refractivity contribution in [3.8, 4) is 0 Å². The third-order valence-corrected chi connectivity index (χ3v) is 12.7. The van der Waals surface area contributed by atoms with Crippen molar-refractivity contribution in [1.82, 2.24) is 0 Å². The largest absolute Gasteiger partial charge is 0.459 e. The van der Waals surface area contributed by atoms with Crippen LogP contribution in [0.4, 0.5) is 5.69 Å². The van der Waals surface area contributed by atoms with Crippen LogP contribution in [-0.4, -0.2) is 31.4 Å². The van der Waals surface area contributed by atoms with Crippen LogP contribution in [0.1, 0.15) is 71.7 Å². The van der Waals surface area contributed by atoms with Crippen molar-refractivity contribution >= 4 is 20.0 Å². The maximum atomic E-state index is 12.3. The van der Waals surface area contributed by atoms with E-state index in [2.05, 4.69) is 48.5 Å². The Morgan fingerprint density at radius 3 is 1.90 bits per heavy atom. The number of carbonyl (C=O) groups excluding carboxylic acids is 1. The summed E-state index contributed by atoms with van der Waals surface area (Å²) in [4.78, 5) is 22.5. The highest BCUT2D eigenvalue weighted by Crippen LogP contribution is 2.45. The molecule has 0 amide bonds. The summed E-state index contributed by atoms with van der Waals surface area (Å²) in [6, 6.07) is 5.53. The fourth-order valence-corrected chi connectivity index (χ4v) is 10.5. The number of hydrogen-bond acceptors (Lipinski definition) is 5. The van der Waals surface area contributed by atoms with E-state index in [4.69, 9.17) is 9.16 Å². The van der Waals surface area contributed by atoms with Gasteiger partial charge in [-0.05, 0) is 54.4 Å². The minimum Gasteiger partial charge on any atom is -0.459 e. The van der Waals surface area contributed by atoms with E-state index in [0.717, 1.165) is 12.8 Å². The number of hydrogen-bond donors (Lipinski definition) is 0. The van der Waals surface area contributed by atoms with Gasteiger partial charge in [-0.25, -0.2) is 4.79 Å². The first-order valence-electron chi connectivity index (χ1n) is 10.6. The summed E-state index contributed by atoms with van der Waals surface area (Å²) in [5.74, 6) is -0.0278. The van der Waals surface area contributed by atoms with Crippen molar-refractivity contribution < 1.29 is 18.9 Å². The topological polar surface area (TPSA) is 78.7 Å². The second kappa shape index (κ2) is 9.39. The lowest BCUT2D eigenvalue weighted by Gasteiger charge is -2.47. The minimum atomic E-state index is -1.92. The summed E-state index contributed by atoms with van der Waals surface area (Å²) in [5, 5.41) is 10.7. The Kier molecular flexibility index (Phi) is 7.62. The van der Waals surface area contributed by atoms with Gasteiger partial charge < -0.3 is 9.16 Å². The second-order valence-corrected chi connectivity index (χ2v) is 14.6. The first kappa shape index (κ1) is 23.5. The standard InChI is InChI=1S/C22H35NO5Si/c1-14(2)29(15(3)4,16(5)6)28-17(7)19-12-21(13-19)27-22(24)18-8-10-20(11-9-18)23(25)26/h8-11,14-17,19,21H,12-13H2,1-7H3. The number of carbonyl (C=O) groups is 1. The molecule has 1 aromatic rings. The number of esters is 1. The molecule has 1 aromatic carbocycles. The van der Waals surface area contributed by atoms with Gasteiger partial charge in [-0.15, -0.1) is 0 Å². The fourth-order valence-electron chi connectivity index (χ4n) is 4.85. The quantitative estimate of drug-likeness (QED) is 0.208. The Morgan fingerprint density at radius 1 is 1.00 bits per heavy atom. The summed E-state index contributed by atoms with van der Waals surface area (Å²) in [6.45, 7) is 15.9. The summed E-state index contributed by atoms with van der Waals surface area (Å²) < 4.78 is 12.4.